The first kappa shape index (κ1) is 5.77. The summed E-state index contributed by atoms with van der Waals surface area (Å²) >= 11 is 0. The fourth-order valence-electron chi connectivity index (χ4n) is 0.957. The summed E-state index contributed by atoms with van der Waals surface area (Å²) in [5.41, 5.74) is 0. The van der Waals surface area contributed by atoms with Crippen LogP contribution >= 0.6 is 0 Å². The van der Waals surface area contributed by atoms with Gasteiger partial charge in [0.25, 0.3) is 0 Å². The Labute approximate surface area is 96.9 Å². The molecule has 0 aliphatic heterocycles. The Bertz CT molecular complexity index is 512. The lowest BCUT2D eigenvalue weighted by atomic mass is 9.91. The quantitative estimate of drug-likeness (QED) is 0.407. The molecule has 0 radical (unpaired) electrons. The van der Waals surface area contributed by atoms with Crippen LogP contribution in [0.25, 0.3) is 0 Å². The fourth-order valence-corrected chi connectivity index (χ4v) is 0.957. The van der Waals surface area contributed by atoms with Crippen LogP contribution in [0, 0.1) is 16.0 Å². The normalized spacial score (nSPS) is 55.5. The Hall–Kier alpha value is -1.20. The Morgan fingerprint density at radius 1 is 1.73 bits per heavy atom. The number of ether oxygens (including phenoxy) is 2. The molecule has 0 aromatic carbocycles. The summed E-state index contributed by atoms with van der Waals surface area (Å²) in [6, 6.07) is -0.734. The molecule has 0 heterocycles. The van der Waals surface area contributed by atoms with E-state index in [1.807, 2.05) is 0 Å². The predicted molar refractivity (Wildman–Crippen MR) is 55.0 cm³/mol. The van der Waals surface area contributed by atoms with Gasteiger partial charge in [-0.3, -0.25) is 10.1 Å². The number of nitro groups is 1. The van der Waals surface area contributed by atoms with Gasteiger partial charge >= 0.3 is 0 Å². The Morgan fingerprint density at radius 3 is 3.00 bits per heavy atom. The van der Waals surface area contributed by atoms with Crippen LogP contribution in [-0.2, 0) is 9.47 Å². The molecule has 1 rings (SSSR count). The lowest BCUT2D eigenvalue weighted by Gasteiger charge is -2.28. The third-order valence-corrected chi connectivity index (χ3v) is 1.62. The molecular weight excluding hydrogens is 198 g/mol. The van der Waals surface area contributed by atoms with Crippen LogP contribution in [-0.4, -0.2) is 31.3 Å². The summed E-state index contributed by atoms with van der Waals surface area (Å²) in [5, 5.41) is 10.4. The fraction of sp³-hybridized carbons (Fsp3) is 0.600. The highest BCUT2D eigenvalue weighted by Crippen LogP contribution is 2.23. The molecule has 5 nitrogen and oxygen atoms in total. The third kappa shape index (κ3) is 3.45. The zero-order valence-electron chi connectivity index (χ0n) is 14.3. The number of nitrogens with zero attached hydrogens (tertiary/aromatic N) is 1. The standard InChI is InChI=1S/C10H15NO4/c1-14-9-4-3-8(5-6-11(12)13)7-10(9)15-2/h3-6,8-10H,7H2,1-2H3/b6-5+/i3D,7D2,8D,9D,10D. The average molecular weight is 219 g/mol. The Balaban J connectivity index is 3.64. The smallest absolute Gasteiger partial charge is 0.231 e. The van der Waals surface area contributed by atoms with Crippen molar-refractivity contribution in [3.05, 3.63) is 34.5 Å². The van der Waals surface area contributed by atoms with Gasteiger partial charge in [-0.05, 0) is 12.4 Å². The second kappa shape index (κ2) is 5.63. The first-order chi connectivity index (χ1) is 9.42. The van der Waals surface area contributed by atoms with Gasteiger partial charge in [0.05, 0.1) is 15.1 Å². The molecule has 3 unspecified atom stereocenters. The average Bonchev–Trinajstić information content (AvgIpc) is 2.41. The zero-order valence-corrected chi connectivity index (χ0v) is 8.31. The zero-order chi connectivity index (χ0) is 16.7. The summed E-state index contributed by atoms with van der Waals surface area (Å²) in [7, 11) is 2.01. The van der Waals surface area contributed by atoms with Crippen LogP contribution < -0.4 is 0 Å². The van der Waals surface area contributed by atoms with E-state index in [-0.39, 0.29) is 0 Å². The maximum atomic E-state index is 10.4. The van der Waals surface area contributed by atoms with Crippen LogP contribution in [0.1, 0.15) is 14.6 Å². The third-order valence-electron chi connectivity index (χ3n) is 1.62. The Morgan fingerprint density at radius 2 is 2.47 bits per heavy atom. The van der Waals surface area contributed by atoms with Gasteiger partial charge in [-0.2, -0.15) is 0 Å². The van der Waals surface area contributed by atoms with Gasteiger partial charge in [0.1, 0.15) is 6.08 Å². The molecule has 5 heteroatoms. The van der Waals surface area contributed by atoms with Crippen molar-refractivity contribution in [2.24, 2.45) is 5.89 Å². The molecular formula is C10H15NO4. The highest BCUT2D eigenvalue weighted by Gasteiger charge is 2.25. The lowest BCUT2D eigenvalue weighted by molar-refractivity contribution is -0.402. The van der Waals surface area contributed by atoms with E-state index in [4.69, 9.17) is 17.7 Å². The molecule has 0 fully saturated rings. The molecule has 0 aromatic rings. The van der Waals surface area contributed by atoms with E-state index in [1.165, 1.54) is 0 Å². The van der Waals surface area contributed by atoms with E-state index in [1.54, 1.807) is 0 Å². The van der Waals surface area contributed by atoms with Crippen molar-refractivity contribution in [2.75, 3.05) is 14.2 Å². The van der Waals surface area contributed by atoms with Gasteiger partial charge in [-0.15, -0.1) is 0 Å². The second-order valence-electron chi connectivity index (χ2n) is 2.53. The lowest BCUT2D eigenvalue weighted by Crippen LogP contribution is -2.32. The van der Waals surface area contributed by atoms with Gasteiger partial charge in [-0.25, -0.2) is 0 Å². The summed E-state index contributed by atoms with van der Waals surface area (Å²) < 4.78 is 57.5. The maximum absolute atomic E-state index is 10.4. The molecule has 0 N–H and O–H groups in total. The van der Waals surface area contributed by atoms with Gasteiger partial charge in [0, 0.05) is 24.2 Å². The van der Waals surface area contributed by atoms with Crippen molar-refractivity contribution in [1.82, 2.24) is 0 Å². The van der Waals surface area contributed by atoms with Crippen molar-refractivity contribution < 1.29 is 22.6 Å². The van der Waals surface area contributed by atoms with Crippen LogP contribution in [0.3, 0.4) is 0 Å². The minimum Gasteiger partial charge on any atom is -0.378 e. The van der Waals surface area contributed by atoms with Crippen molar-refractivity contribution in [3.8, 4) is 0 Å². The molecule has 0 spiro atoms. The largest absolute Gasteiger partial charge is 0.378 e. The monoisotopic (exact) mass is 219 g/mol. The molecule has 0 amide bonds. The van der Waals surface area contributed by atoms with E-state index in [2.05, 4.69) is 0 Å². The van der Waals surface area contributed by atoms with E-state index >= 15 is 0 Å². The minimum absolute atomic E-state index is 0.326. The highest BCUT2D eigenvalue weighted by atomic mass is 16.6. The molecule has 1 aliphatic rings. The summed E-state index contributed by atoms with van der Waals surface area (Å²) in [4.78, 5) is 9.50. The van der Waals surface area contributed by atoms with Crippen LogP contribution in [0.15, 0.2) is 24.4 Å². The molecule has 84 valence electrons. The van der Waals surface area contributed by atoms with Crippen molar-refractivity contribution in [3.63, 3.8) is 0 Å². The minimum atomic E-state index is -2.97. The SMILES string of the molecule is [2H]C1=CC([2H])(OC)C([2H])(OC)C([2H])([2H])C1([2H])/C=C/[N+](=O)[O-]. The summed E-state index contributed by atoms with van der Waals surface area (Å²) in [6.45, 7) is 0. The molecule has 15 heavy (non-hydrogen) atoms. The van der Waals surface area contributed by atoms with Crippen molar-refractivity contribution in [2.45, 2.75) is 18.5 Å². The van der Waals surface area contributed by atoms with Gasteiger partial charge < -0.3 is 9.47 Å². The van der Waals surface area contributed by atoms with E-state index in [9.17, 15) is 10.1 Å². The number of hydrogen-bond donors (Lipinski definition) is 0. The topological polar surface area (TPSA) is 61.6 Å². The molecule has 0 saturated heterocycles. The van der Waals surface area contributed by atoms with Crippen molar-refractivity contribution >= 4 is 0 Å². The number of hydrogen-bond acceptors (Lipinski definition) is 4. The molecule has 0 saturated carbocycles. The predicted octanol–water partition coefficient (Wildman–Crippen LogP) is 1.38. The molecule has 0 aromatic heterocycles. The first-order valence-corrected chi connectivity index (χ1v) is 4.05. The van der Waals surface area contributed by atoms with E-state index < -0.39 is 35.4 Å². The molecule has 0 bridgehead atoms. The van der Waals surface area contributed by atoms with E-state index in [0.29, 0.717) is 12.3 Å². The summed E-state index contributed by atoms with van der Waals surface area (Å²) in [6.07, 6.45) is -6.43. The van der Waals surface area contributed by atoms with Gasteiger partial charge in [0.15, 0.2) is 0 Å². The number of allylic oxidation sites excluding steroid dienone is 2. The second-order valence-corrected chi connectivity index (χ2v) is 2.53. The van der Waals surface area contributed by atoms with E-state index in [0.717, 1.165) is 20.3 Å². The van der Waals surface area contributed by atoms with Crippen LogP contribution in [0.5, 0.6) is 0 Å². The van der Waals surface area contributed by atoms with Crippen LogP contribution in [0.2, 0.25) is 0 Å². The summed E-state index contributed by atoms with van der Waals surface area (Å²) in [5.74, 6) is -2.57. The highest BCUT2D eigenvalue weighted by molar-refractivity contribution is 5.09. The Kier molecular flexibility index (Phi) is 2.16. The van der Waals surface area contributed by atoms with Gasteiger partial charge in [-0.1, -0.05) is 12.1 Å². The van der Waals surface area contributed by atoms with Crippen molar-refractivity contribution in [1.29, 1.82) is 0 Å². The number of methoxy groups -OCH3 is 2. The molecule has 3 atom stereocenters. The maximum Gasteiger partial charge on any atom is 0.231 e. The number of rotatable bonds is 4. The first-order valence-electron chi connectivity index (χ1n) is 7.05. The molecule has 1 aliphatic carbocycles. The van der Waals surface area contributed by atoms with Gasteiger partial charge in [0.2, 0.25) is 6.20 Å². The van der Waals surface area contributed by atoms with Crippen LogP contribution in [0.4, 0.5) is 0 Å².